The fraction of sp³-hybridized carbons (Fsp3) is 0.412. The van der Waals surface area contributed by atoms with Crippen molar-refractivity contribution in [1.82, 2.24) is 24.8 Å². The van der Waals surface area contributed by atoms with Crippen molar-refractivity contribution in [3.05, 3.63) is 50.4 Å². The normalized spacial score (nSPS) is 16.3. The number of H-pyrrole nitrogens is 1. The van der Waals surface area contributed by atoms with E-state index in [9.17, 15) is 4.79 Å². The number of aryl methyl sites for hydroxylation is 2. The van der Waals surface area contributed by atoms with E-state index < -0.39 is 0 Å². The number of aromatic nitrogens is 4. The molecule has 0 saturated carbocycles. The van der Waals surface area contributed by atoms with E-state index in [0.717, 1.165) is 51.7 Å². The highest BCUT2D eigenvalue weighted by Gasteiger charge is 2.25. The van der Waals surface area contributed by atoms with E-state index in [4.69, 9.17) is 4.98 Å². The number of nitrogens with one attached hydrogen (secondary N) is 1. The van der Waals surface area contributed by atoms with Gasteiger partial charge in [-0.2, -0.15) is 0 Å². The molecule has 1 aliphatic heterocycles. The Balaban J connectivity index is 1.69. The molecule has 0 bridgehead atoms. The number of aromatic amines is 1. The first-order valence-corrected chi connectivity index (χ1v) is 8.88. The Morgan fingerprint density at radius 3 is 3.04 bits per heavy atom. The number of hydrogen-bond donors (Lipinski definition) is 1. The topological polar surface area (TPSA) is 74.8 Å². The lowest BCUT2D eigenvalue weighted by molar-refractivity contribution is 0.182. The number of nitrogens with zero attached hydrogens (tertiary/aromatic N) is 4. The molecular weight excluding hydrogens is 322 g/mol. The van der Waals surface area contributed by atoms with Crippen LogP contribution >= 0.6 is 11.3 Å². The zero-order chi connectivity index (χ0) is 16.8. The minimum absolute atomic E-state index is 0.0351. The maximum Gasteiger partial charge on any atom is 0.259 e. The molecule has 0 aliphatic carbocycles. The number of hydrogen-bond acceptors (Lipinski definition) is 6. The lowest BCUT2D eigenvalue weighted by atomic mass is 10.1. The minimum atomic E-state index is -0.0385. The predicted octanol–water partition coefficient (Wildman–Crippen LogP) is 2.51. The fourth-order valence-electron chi connectivity index (χ4n) is 3.24. The first-order valence-electron chi connectivity index (χ1n) is 8.06. The SMILES string of the molecule is Cc1sc2nc([C@@H](C)N3CCc4cncnc4C3)[nH]c(=O)c2c1C. The van der Waals surface area contributed by atoms with Crippen molar-refractivity contribution in [3.63, 3.8) is 0 Å². The summed E-state index contributed by atoms with van der Waals surface area (Å²) in [6, 6.07) is 0.0351. The Morgan fingerprint density at radius 2 is 2.21 bits per heavy atom. The molecule has 3 aromatic heterocycles. The molecule has 0 spiro atoms. The van der Waals surface area contributed by atoms with Crippen molar-refractivity contribution in [2.75, 3.05) is 6.54 Å². The summed E-state index contributed by atoms with van der Waals surface area (Å²) >= 11 is 1.59. The Kier molecular flexibility index (Phi) is 3.69. The number of rotatable bonds is 2. The maximum absolute atomic E-state index is 12.5. The van der Waals surface area contributed by atoms with Gasteiger partial charge in [0, 0.05) is 24.2 Å². The van der Waals surface area contributed by atoms with E-state index in [1.807, 2.05) is 20.0 Å². The van der Waals surface area contributed by atoms with Gasteiger partial charge in [0.2, 0.25) is 0 Å². The van der Waals surface area contributed by atoms with Gasteiger partial charge in [-0.25, -0.2) is 15.0 Å². The highest BCUT2D eigenvalue weighted by molar-refractivity contribution is 7.18. The van der Waals surface area contributed by atoms with Gasteiger partial charge in [-0.15, -0.1) is 11.3 Å². The molecule has 7 heteroatoms. The Labute approximate surface area is 143 Å². The Bertz CT molecular complexity index is 977. The summed E-state index contributed by atoms with van der Waals surface area (Å²) in [6.45, 7) is 7.76. The summed E-state index contributed by atoms with van der Waals surface area (Å²) < 4.78 is 0. The monoisotopic (exact) mass is 341 g/mol. The van der Waals surface area contributed by atoms with E-state index in [1.165, 1.54) is 5.56 Å². The van der Waals surface area contributed by atoms with Gasteiger partial charge in [-0.3, -0.25) is 9.69 Å². The largest absolute Gasteiger partial charge is 0.309 e. The second-order valence-electron chi connectivity index (χ2n) is 6.31. The first-order chi connectivity index (χ1) is 11.5. The van der Waals surface area contributed by atoms with Crippen LogP contribution in [0.3, 0.4) is 0 Å². The van der Waals surface area contributed by atoms with Gasteiger partial charge in [0.05, 0.1) is 17.1 Å². The molecule has 3 aromatic rings. The highest BCUT2D eigenvalue weighted by Crippen LogP contribution is 2.28. The summed E-state index contributed by atoms with van der Waals surface area (Å²) in [7, 11) is 0. The second kappa shape index (κ2) is 5.75. The third-order valence-corrected chi connectivity index (χ3v) is 6.00. The van der Waals surface area contributed by atoms with Crippen molar-refractivity contribution in [2.24, 2.45) is 0 Å². The van der Waals surface area contributed by atoms with Crippen LogP contribution in [0.2, 0.25) is 0 Å². The smallest absolute Gasteiger partial charge is 0.259 e. The third kappa shape index (κ3) is 2.44. The van der Waals surface area contributed by atoms with Crippen molar-refractivity contribution in [3.8, 4) is 0 Å². The number of fused-ring (bicyclic) bond motifs is 2. The number of thiophene rings is 1. The van der Waals surface area contributed by atoms with Crippen molar-refractivity contribution in [2.45, 2.75) is 39.8 Å². The van der Waals surface area contributed by atoms with E-state index in [1.54, 1.807) is 17.7 Å². The summed E-state index contributed by atoms with van der Waals surface area (Å²) in [4.78, 5) is 33.0. The molecule has 24 heavy (non-hydrogen) atoms. The quantitative estimate of drug-likeness (QED) is 0.775. The molecular formula is C17H19N5OS. The molecule has 124 valence electrons. The molecule has 4 rings (SSSR count). The van der Waals surface area contributed by atoms with E-state index >= 15 is 0 Å². The molecule has 4 heterocycles. The molecule has 0 amide bonds. The van der Waals surface area contributed by atoms with Crippen molar-refractivity contribution >= 4 is 21.6 Å². The van der Waals surface area contributed by atoms with Gasteiger partial charge < -0.3 is 4.98 Å². The van der Waals surface area contributed by atoms with E-state index in [0.29, 0.717) is 0 Å². The van der Waals surface area contributed by atoms with Gasteiger partial charge in [-0.05, 0) is 38.3 Å². The molecule has 0 fully saturated rings. The Hall–Kier alpha value is -2.12. The van der Waals surface area contributed by atoms with Crippen LogP contribution in [-0.4, -0.2) is 31.4 Å². The van der Waals surface area contributed by atoms with Crippen molar-refractivity contribution in [1.29, 1.82) is 0 Å². The first kappa shape index (κ1) is 15.4. The Morgan fingerprint density at radius 1 is 1.38 bits per heavy atom. The van der Waals surface area contributed by atoms with Crippen molar-refractivity contribution < 1.29 is 0 Å². The summed E-state index contributed by atoms with van der Waals surface area (Å²) in [6.07, 6.45) is 4.41. The predicted molar refractivity (Wildman–Crippen MR) is 94.3 cm³/mol. The molecule has 0 aromatic carbocycles. The molecule has 0 radical (unpaired) electrons. The van der Waals surface area contributed by atoms with E-state index in [2.05, 4.69) is 26.8 Å². The van der Waals surface area contributed by atoms with Crippen LogP contribution in [0.5, 0.6) is 0 Å². The van der Waals surface area contributed by atoms with Gasteiger partial charge in [0.15, 0.2) is 0 Å². The lowest BCUT2D eigenvalue weighted by Crippen LogP contribution is -2.35. The second-order valence-corrected chi connectivity index (χ2v) is 7.51. The fourth-order valence-corrected chi connectivity index (χ4v) is 4.28. The van der Waals surface area contributed by atoms with Gasteiger partial charge in [0.25, 0.3) is 5.56 Å². The minimum Gasteiger partial charge on any atom is -0.309 e. The molecule has 0 saturated heterocycles. The van der Waals surface area contributed by atoms with Gasteiger partial charge in [-0.1, -0.05) is 0 Å². The van der Waals surface area contributed by atoms with Crippen LogP contribution in [0.15, 0.2) is 17.3 Å². The molecule has 1 atom stereocenters. The van der Waals surface area contributed by atoms with Crippen LogP contribution in [0.25, 0.3) is 10.2 Å². The van der Waals surface area contributed by atoms with Gasteiger partial charge >= 0.3 is 0 Å². The third-order valence-electron chi connectivity index (χ3n) is 4.90. The molecule has 1 N–H and O–H groups in total. The van der Waals surface area contributed by atoms with Crippen LogP contribution in [0.4, 0.5) is 0 Å². The van der Waals surface area contributed by atoms with Crippen LogP contribution in [-0.2, 0) is 13.0 Å². The highest BCUT2D eigenvalue weighted by atomic mass is 32.1. The summed E-state index contributed by atoms with van der Waals surface area (Å²) in [5.74, 6) is 0.728. The van der Waals surface area contributed by atoms with E-state index in [-0.39, 0.29) is 11.6 Å². The summed E-state index contributed by atoms with van der Waals surface area (Å²) in [5, 5.41) is 0.727. The lowest BCUT2D eigenvalue weighted by Gasteiger charge is -2.32. The zero-order valence-corrected chi connectivity index (χ0v) is 14.8. The summed E-state index contributed by atoms with van der Waals surface area (Å²) in [5.41, 5.74) is 3.27. The molecule has 6 nitrogen and oxygen atoms in total. The zero-order valence-electron chi connectivity index (χ0n) is 14.0. The molecule has 1 aliphatic rings. The maximum atomic E-state index is 12.5. The average Bonchev–Trinajstić information content (AvgIpc) is 2.88. The van der Waals surface area contributed by atoms with Crippen LogP contribution < -0.4 is 5.56 Å². The molecule has 0 unspecified atom stereocenters. The average molecular weight is 341 g/mol. The van der Waals surface area contributed by atoms with Crippen LogP contribution in [0.1, 0.15) is 40.5 Å². The van der Waals surface area contributed by atoms with Gasteiger partial charge in [0.1, 0.15) is 17.0 Å². The van der Waals surface area contributed by atoms with Crippen LogP contribution in [0, 0.1) is 13.8 Å². The standard InChI is InChI=1S/C17H19N5OS/c1-9-11(3)24-17-14(9)16(23)20-15(21-17)10(2)22-5-4-12-6-18-8-19-13(12)7-22/h6,8,10H,4-5,7H2,1-3H3,(H,20,21,23)/t10-/m1/s1.